The Hall–Kier alpha value is 0.770. The Labute approximate surface area is 442 Å². The van der Waals surface area contributed by atoms with Crippen LogP contribution in [0.1, 0.15) is 310 Å². The first-order valence-corrected chi connectivity index (χ1v) is 28.4. The van der Waals surface area contributed by atoms with Crippen LogP contribution in [-0.4, -0.2) is 29.3 Å². The molecule has 372 valence electrons. The summed E-state index contributed by atoms with van der Waals surface area (Å²) in [6, 6.07) is 0. The molecule has 0 aromatic carbocycles. The van der Waals surface area contributed by atoms with Crippen LogP contribution in [0.25, 0.3) is 0 Å². The summed E-state index contributed by atoms with van der Waals surface area (Å²) in [7, 11) is -5.17. The molecule has 0 bridgehead atoms. The molecule has 64 heavy (non-hydrogen) atoms. The summed E-state index contributed by atoms with van der Waals surface area (Å²) in [5.41, 5.74) is 5.37. The number of carbonyl (C=O) groups excluding carboxylic acids is 2. The summed E-state index contributed by atoms with van der Waals surface area (Å²) in [5.74, 6) is -0.190. The zero-order valence-corrected chi connectivity index (χ0v) is 48.3. The number of hydrogen-bond acceptors (Lipinski definition) is 7. The van der Waals surface area contributed by atoms with Gasteiger partial charge >= 0.3 is 59.1 Å². The third-order valence-corrected chi connectivity index (χ3v) is 12.7. The van der Waals surface area contributed by atoms with E-state index in [1.54, 1.807) is 0 Å². The predicted molar refractivity (Wildman–Crippen MR) is 261 cm³/mol. The van der Waals surface area contributed by atoms with E-state index in [-0.39, 0.29) is 82.8 Å². The molecule has 0 aliphatic heterocycles. The van der Waals surface area contributed by atoms with E-state index in [1.165, 1.54) is 231 Å². The predicted octanol–water partition coefficient (Wildman–Crippen LogP) is 10.2. The Morgan fingerprint density at radius 2 is 0.484 bits per heavy atom. The molecule has 0 aromatic rings. The number of hydroxylamine groups is 2. The first kappa shape index (κ1) is 71.3. The molecule has 2 N–H and O–H groups in total. The smallest absolute Gasteiger partial charge is 0.759 e. The van der Waals surface area contributed by atoms with Crippen LogP contribution in [0.2, 0.25) is 0 Å². The second-order valence-corrected chi connectivity index (χ2v) is 19.5. The van der Waals surface area contributed by atoms with Crippen LogP contribution >= 0.6 is 0 Å². The SMILES string of the molecule is CCCCCCCCCCCCC(CCCCCCCCCCCC)C(=O)NONC(=O)C(CCCCCCCCCCCC)CCCCCCCCCCCC.O=S(=O)([O-])[O-].[Na+].[Na+]. The number of unbranched alkanes of at least 4 members (excludes halogenated alkanes) is 36. The number of carbonyl (C=O) groups is 2. The second kappa shape index (κ2) is 58.1. The number of amides is 2. The summed E-state index contributed by atoms with van der Waals surface area (Å²) >= 11 is 0. The second-order valence-electron chi connectivity index (χ2n) is 18.7. The average molecular weight is 947 g/mol. The first-order chi connectivity index (χ1) is 30.1. The van der Waals surface area contributed by atoms with Gasteiger partial charge in [0.25, 0.3) is 0 Å². The van der Waals surface area contributed by atoms with Crippen molar-refractivity contribution in [2.75, 3.05) is 0 Å². The van der Waals surface area contributed by atoms with Gasteiger partial charge in [0.05, 0.1) is 0 Å². The number of hydrogen-bond donors (Lipinski definition) is 2. The fourth-order valence-electron chi connectivity index (χ4n) is 8.62. The van der Waals surface area contributed by atoms with Crippen molar-refractivity contribution < 1.29 is 91.2 Å². The van der Waals surface area contributed by atoms with E-state index in [1.807, 2.05) is 0 Å². The summed E-state index contributed by atoms with van der Waals surface area (Å²) in [5, 5.41) is 0. The maximum absolute atomic E-state index is 13.4. The Balaban J connectivity index is -0.00000242. The van der Waals surface area contributed by atoms with Crippen molar-refractivity contribution >= 4 is 22.2 Å². The largest absolute Gasteiger partial charge is 1.00 e. The zero-order valence-electron chi connectivity index (χ0n) is 43.5. The fraction of sp³-hybridized carbons (Fsp3) is 0.962. The summed E-state index contributed by atoms with van der Waals surface area (Å²) < 4.78 is 34.1. The molecule has 0 saturated carbocycles. The zero-order chi connectivity index (χ0) is 46.0. The Morgan fingerprint density at radius 1 is 0.344 bits per heavy atom. The third kappa shape index (κ3) is 60.8. The molecular weight excluding hydrogens is 843 g/mol. The Morgan fingerprint density at radius 3 is 0.641 bits per heavy atom. The molecule has 2 amide bonds. The standard InChI is InChI=1S/C52H104N2O3.2Na.H2O4S/c1-5-9-13-17-21-25-29-33-37-41-45-49(46-42-38-34-30-26-22-18-14-10-6-2)51(55)53-57-54-52(56)50(47-43-39-35-31-27-23-19-15-11-7-3)48-44-40-36-32-28-24-20-16-12-8-4;;;1-5(2,3)4/h49-50H,5-48H2,1-4H3,(H,53,55)(H,54,56);;;(H2,1,2,3,4)/q;2*+1;/p-2. The van der Waals surface area contributed by atoms with Crippen LogP contribution in [-0.2, 0) is 24.9 Å². The van der Waals surface area contributed by atoms with E-state index >= 15 is 0 Å². The van der Waals surface area contributed by atoms with Crippen molar-refractivity contribution in [1.29, 1.82) is 0 Å². The van der Waals surface area contributed by atoms with E-state index in [2.05, 4.69) is 38.7 Å². The Bertz CT molecular complexity index is 921. The van der Waals surface area contributed by atoms with Crippen molar-refractivity contribution in [3.05, 3.63) is 0 Å². The molecule has 0 fully saturated rings. The molecule has 0 heterocycles. The number of nitrogens with one attached hydrogen (secondary N) is 2. The summed E-state index contributed by atoms with van der Waals surface area (Å²) in [4.78, 5) is 32.4. The molecule has 0 radical (unpaired) electrons. The van der Waals surface area contributed by atoms with Crippen molar-refractivity contribution in [2.24, 2.45) is 11.8 Å². The van der Waals surface area contributed by atoms with Crippen molar-refractivity contribution in [3.63, 3.8) is 0 Å². The van der Waals surface area contributed by atoms with Crippen LogP contribution in [0.3, 0.4) is 0 Å². The van der Waals surface area contributed by atoms with Gasteiger partial charge in [0, 0.05) is 22.2 Å². The van der Waals surface area contributed by atoms with Gasteiger partial charge in [-0.15, -0.1) is 0 Å². The van der Waals surface area contributed by atoms with E-state index in [0.29, 0.717) is 0 Å². The molecule has 0 aliphatic rings. The molecular formula is C52H104N2Na2O7S. The van der Waals surface area contributed by atoms with Crippen molar-refractivity contribution in [3.8, 4) is 0 Å². The fourth-order valence-corrected chi connectivity index (χ4v) is 8.62. The monoisotopic (exact) mass is 947 g/mol. The van der Waals surface area contributed by atoms with E-state index < -0.39 is 10.4 Å². The van der Waals surface area contributed by atoms with Gasteiger partial charge in [-0.1, -0.05) is 285 Å². The van der Waals surface area contributed by atoms with Crippen molar-refractivity contribution in [2.45, 2.75) is 310 Å². The van der Waals surface area contributed by atoms with Crippen LogP contribution in [0.5, 0.6) is 0 Å². The van der Waals surface area contributed by atoms with Crippen LogP contribution in [0.15, 0.2) is 0 Å². The van der Waals surface area contributed by atoms with Crippen molar-refractivity contribution in [1.82, 2.24) is 11.0 Å². The van der Waals surface area contributed by atoms with Gasteiger partial charge in [0.1, 0.15) is 0 Å². The van der Waals surface area contributed by atoms with Gasteiger partial charge < -0.3 is 9.11 Å². The van der Waals surface area contributed by atoms with Gasteiger partial charge in [-0.2, -0.15) is 4.94 Å². The third-order valence-electron chi connectivity index (χ3n) is 12.7. The minimum Gasteiger partial charge on any atom is -0.759 e. The maximum Gasteiger partial charge on any atom is 1.00 e. The molecule has 0 unspecified atom stereocenters. The maximum atomic E-state index is 13.4. The van der Waals surface area contributed by atoms with Gasteiger partial charge in [-0.05, 0) is 25.7 Å². The van der Waals surface area contributed by atoms with E-state index in [4.69, 9.17) is 22.5 Å². The first-order valence-electron chi connectivity index (χ1n) is 27.0. The van der Waals surface area contributed by atoms with Gasteiger partial charge in [0.15, 0.2) is 0 Å². The molecule has 0 saturated heterocycles. The molecule has 0 aromatic heterocycles. The molecule has 12 heteroatoms. The Kier molecular flexibility index (Phi) is 64.7. The molecule has 0 spiro atoms. The minimum atomic E-state index is -5.17. The molecule has 9 nitrogen and oxygen atoms in total. The van der Waals surface area contributed by atoms with Crippen LogP contribution < -0.4 is 70.1 Å². The van der Waals surface area contributed by atoms with Crippen LogP contribution in [0, 0.1) is 11.8 Å². The normalized spacial score (nSPS) is 11.2. The molecule has 0 atom stereocenters. The summed E-state index contributed by atoms with van der Waals surface area (Å²) in [6.45, 7) is 9.12. The minimum absolute atomic E-state index is 0. The summed E-state index contributed by atoms with van der Waals surface area (Å²) in [6.07, 6.45) is 55.8. The van der Waals surface area contributed by atoms with E-state index in [0.717, 1.165) is 51.4 Å². The van der Waals surface area contributed by atoms with Gasteiger partial charge in [-0.3, -0.25) is 18.0 Å². The van der Waals surface area contributed by atoms with Gasteiger partial charge in [-0.25, -0.2) is 11.0 Å². The molecule has 0 rings (SSSR count). The average Bonchev–Trinajstić information content (AvgIpc) is 3.24. The van der Waals surface area contributed by atoms with Gasteiger partial charge in [0.2, 0.25) is 11.8 Å². The van der Waals surface area contributed by atoms with E-state index in [9.17, 15) is 9.59 Å². The topological polar surface area (TPSA) is 148 Å². The molecule has 0 aliphatic carbocycles. The quantitative estimate of drug-likeness (QED) is 0.0203. The number of rotatable bonds is 48. The van der Waals surface area contributed by atoms with Crippen LogP contribution in [0.4, 0.5) is 0 Å².